The van der Waals surface area contributed by atoms with Crippen LogP contribution in [0, 0.1) is 0 Å². The van der Waals surface area contributed by atoms with Gasteiger partial charge in [-0.05, 0) is 42.4 Å². The molecule has 0 aliphatic carbocycles. The van der Waals surface area contributed by atoms with Crippen molar-refractivity contribution in [3.8, 4) is 0 Å². The van der Waals surface area contributed by atoms with Crippen LogP contribution in [0.2, 0.25) is 0 Å². The van der Waals surface area contributed by atoms with Crippen LogP contribution in [0.5, 0.6) is 0 Å². The maximum absolute atomic E-state index is 12.4. The Morgan fingerprint density at radius 3 is 2.71 bits per heavy atom. The normalized spacial score (nSPS) is 17.6. The molecule has 1 heterocycles. The number of nitrogens with two attached hydrogens (primary N) is 1. The van der Waals surface area contributed by atoms with Crippen LogP contribution in [-0.2, 0) is 17.6 Å². The van der Waals surface area contributed by atoms with E-state index in [9.17, 15) is 9.90 Å². The SMILES string of the molecule is [2H]c1sc(N)nc1CC(=O)Nc1c([2H])c([2H])c(CCCC([2H])([2H])[C@]([2H])(O)c2ccccc2)c([2H])c1[2H]. The molecule has 3 aromatic rings. The zero-order valence-electron chi connectivity index (χ0n) is 23.0. The molecule has 1 aromatic heterocycles. The molecule has 28 heavy (non-hydrogen) atoms. The van der Waals surface area contributed by atoms with Crippen LogP contribution in [0.15, 0.2) is 59.9 Å². The summed E-state index contributed by atoms with van der Waals surface area (Å²) in [4.78, 5) is 16.3. The first-order chi connectivity index (χ1) is 16.8. The minimum atomic E-state index is -2.52. The number of carbonyl (C=O) groups is 1. The highest BCUT2D eigenvalue weighted by Gasteiger charge is 2.08. The topological polar surface area (TPSA) is 88.2 Å². The van der Waals surface area contributed by atoms with Crippen LogP contribution >= 0.6 is 11.3 Å². The molecule has 0 radical (unpaired) electrons. The number of thiazole rings is 1. The number of carbonyl (C=O) groups excluding carboxylic acids is 1. The predicted molar refractivity (Wildman–Crippen MR) is 114 cm³/mol. The molecule has 0 bridgehead atoms. The minimum Gasteiger partial charge on any atom is -0.388 e. The van der Waals surface area contributed by atoms with Crippen molar-refractivity contribution in [3.05, 3.63) is 76.7 Å². The Hall–Kier alpha value is -2.70. The lowest BCUT2D eigenvalue weighted by atomic mass is 10.0. The Bertz CT molecular complexity index is 1240. The lowest BCUT2D eigenvalue weighted by Gasteiger charge is -2.10. The fourth-order valence-corrected chi connectivity index (χ4v) is 2.89. The second-order valence-electron chi connectivity index (χ2n) is 5.92. The highest BCUT2D eigenvalue weighted by Crippen LogP contribution is 2.20. The van der Waals surface area contributed by atoms with Gasteiger partial charge in [0.1, 0.15) is 0 Å². The number of hydrogen-bond acceptors (Lipinski definition) is 5. The van der Waals surface area contributed by atoms with Crippen molar-refractivity contribution >= 4 is 28.1 Å². The highest BCUT2D eigenvalue weighted by molar-refractivity contribution is 7.13. The molecule has 1 atom stereocenters. The van der Waals surface area contributed by atoms with E-state index in [-0.39, 0.29) is 70.8 Å². The third-order valence-electron chi connectivity index (χ3n) is 3.73. The monoisotopic (exact) mass is 403 g/mol. The van der Waals surface area contributed by atoms with E-state index in [1.165, 1.54) is 12.1 Å². The zero-order chi connectivity index (χ0) is 26.8. The number of benzene rings is 2. The van der Waals surface area contributed by atoms with Gasteiger partial charge in [-0.15, -0.1) is 11.3 Å². The number of rotatable bonds is 9. The summed E-state index contributed by atoms with van der Waals surface area (Å²) in [6.07, 6.45) is -5.45. The molecule has 0 fully saturated rings. The summed E-state index contributed by atoms with van der Waals surface area (Å²) in [6, 6.07) is 6.08. The lowest BCUT2D eigenvalue weighted by molar-refractivity contribution is -0.115. The van der Waals surface area contributed by atoms with Gasteiger partial charge in [-0.1, -0.05) is 48.8 Å². The molecular weight excluding hydrogens is 370 g/mol. The number of nitrogens with one attached hydrogen (secondary N) is 1. The van der Waals surface area contributed by atoms with E-state index in [0.29, 0.717) is 0 Å². The summed E-state index contributed by atoms with van der Waals surface area (Å²) in [5.41, 5.74) is 5.49. The van der Waals surface area contributed by atoms with Crippen LogP contribution in [0.1, 0.15) is 53.1 Å². The summed E-state index contributed by atoms with van der Waals surface area (Å²) in [6.45, 7) is 0. The molecule has 0 aliphatic rings. The van der Waals surface area contributed by atoms with Gasteiger partial charge in [0.25, 0.3) is 0 Å². The Morgan fingerprint density at radius 2 is 2.04 bits per heavy atom. The first-order valence-electron chi connectivity index (χ1n) is 12.6. The molecule has 2 aromatic carbocycles. The maximum atomic E-state index is 12.4. The van der Waals surface area contributed by atoms with Gasteiger partial charge in [0, 0.05) is 13.8 Å². The third kappa shape index (κ3) is 6.18. The van der Waals surface area contributed by atoms with Gasteiger partial charge >= 0.3 is 0 Å². The average Bonchev–Trinajstić information content (AvgIpc) is 3.14. The summed E-state index contributed by atoms with van der Waals surface area (Å²) >= 11 is 0.905. The van der Waals surface area contributed by atoms with Crippen molar-refractivity contribution in [2.75, 3.05) is 11.1 Å². The minimum absolute atomic E-state index is 0.0178. The van der Waals surface area contributed by atoms with E-state index in [1.54, 1.807) is 18.2 Å². The second kappa shape index (κ2) is 10.0. The fraction of sp³-hybridized carbons (Fsp3) is 0.273. The van der Waals surface area contributed by atoms with Crippen molar-refractivity contribution < 1.29 is 20.9 Å². The molecule has 0 saturated carbocycles. The summed E-state index contributed by atoms with van der Waals surface area (Å²) < 4.78 is 65.5. The largest absolute Gasteiger partial charge is 0.388 e. The number of hydrogen-bond donors (Lipinski definition) is 3. The molecule has 5 nitrogen and oxygen atoms in total. The molecular formula is C22H25N3O2S. The molecule has 0 unspecified atom stereocenters. The number of aromatic nitrogens is 1. The smallest absolute Gasteiger partial charge is 0.230 e. The lowest BCUT2D eigenvalue weighted by Crippen LogP contribution is -2.14. The van der Waals surface area contributed by atoms with Gasteiger partial charge in [0.05, 0.1) is 26.4 Å². The standard InChI is InChI=1S/C22H25N3O2S/c23-22-25-19(15-28-22)14-21(27)24-18-12-10-16(11-13-18)6-4-5-9-20(26)17-7-2-1-3-8-17/h1-3,7-8,10-13,15,20,26H,4-6,9,14H2,(H2,23,25)(H,24,27)/t20-/m0/s1/i9D2,10D,11D,12D,13D,15D,20D. The van der Waals surface area contributed by atoms with Crippen molar-refractivity contribution in [3.63, 3.8) is 0 Å². The third-order valence-corrected chi connectivity index (χ3v) is 4.37. The quantitative estimate of drug-likeness (QED) is 0.495. The first-order valence-corrected chi connectivity index (χ1v) is 9.46. The zero-order valence-corrected chi connectivity index (χ0v) is 15.8. The Balaban J connectivity index is 1.74. The first kappa shape index (κ1) is 12.0. The number of anilines is 2. The van der Waals surface area contributed by atoms with Gasteiger partial charge in [-0.25, -0.2) is 4.98 Å². The van der Waals surface area contributed by atoms with Gasteiger partial charge in [-0.3, -0.25) is 4.79 Å². The van der Waals surface area contributed by atoms with Crippen molar-refractivity contribution in [2.24, 2.45) is 0 Å². The fourth-order valence-electron chi connectivity index (χ4n) is 2.40. The molecule has 1 amide bonds. The van der Waals surface area contributed by atoms with Crippen LogP contribution in [0.3, 0.4) is 0 Å². The Kier molecular flexibility index (Phi) is 4.29. The molecule has 0 aliphatic heterocycles. The summed E-state index contributed by atoms with van der Waals surface area (Å²) in [5.74, 6) is -0.675. The van der Waals surface area contributed by atoms with Crippen LogP contribution < -0.4 is 11.1 Å². The van der Waals surface area contributed by atoms with Gasteiger partial charge in [0.2, 0.25) is 5.91 Å². The molecule has 0 saturated heterocycles. The maximum Gasteiger partial charge on any atom is 0.230 e. The number of amides is 1. The van der Waals surface area contributed by atoms with Gasteiger partial charge < -0.3 is 16.2 Å². The Morgan fingerprint density at radius 1 is 1.29 bits per heavy atom. The summed E-state index contributed by atoms with van der Waals surface area (Å²) in [7, 11) is 0. The molecule has 6 heteroatoms. The van der Waals surface area contributed by atoms with Gasteiger partial charge in [0.15, 0.2) is 5.13 Å². The van der Waals surface area contributed by atoms with E-state index in [0.717, 1.165) is 11.3 Å². The number of nitrogen functional groups attached to an aromatic ring is 1. The highest BCUT2D eigenvalue weighted by atomic mass is 32.1. The molecule has 0 spiro atoms. The average molecular weight is 404 g/mol. The predicted octanol–water partition coefficient (Wildman–Crippen LogP) is 4.35. The van der Waals surface area contributed by atoms with Crippen LogP contribution in [0.4, 0.5) is 10.8 Å². The van der Waals surface area contributed by atoms with Crippen LogP contribution in [0.25, 0.3) is 0 Å². The van der Waals surface area contributed by atoms with Crippen molar-refractivity contribution in [1.29, 1.82) is 0 Å². The van der Waals surface area contributed by atoms with E-state index < -0.39 is 30.4 Å². The Labute approximate surface area is 180 Å². The molecule has 4 N–H and O–H groups in total. The van der Waals surface area contributed by atoms with E-state index >= 15 is 0 Å². The van der Waals surface area contributed by atoms with E-state index in [1.807, 2.05) is 0 Å². The van der Waals surface area contributed by atoms with Crippen molar-refractivity contribution in [2.45, 2.75) is 38.1 Å². The molecule has 3 rings (SSSR count). The second-order valence-corrected chi connectivity index (χ2v) is 6.75. The molecule has 146 valence electrons. The van der Waals surface area contributed by atoms with Crippen LogP contribution in [-0.4, -0.2) is 16.0 Å². The number of aliphatic hydroxyl groups is 1. The van der Waals surface area contributed by atoms with Crippen molar-refractivity contribution in [1.82, 2.24) is 4.98 Å². The van der Waals surface area contributed by atoms with E-state index in [2.05, 4.69) is 10.3 Å². The van der Waals surface area contributed by atoms with Gasteiger partial charge in [-0.2, -0.15) is 0 Å². The van der Waals surface area contributed by atoms with E-state index in [4.69, 9.17) is 16.7 Å². The summed E-state index contributed by atoms with van der Waals surface area (Å²) in [5, 5.41) is 13.1. The number of nitrogens with zero attached hydrogens (tertiary/aromatic N) is 1.